The Kier molecular flexibility index (Phi) is 7.61. The van der Waals surface area contributed by atoms with E-state index in [9.17, 15) is 25.0 Å². The molecule has 0 aliphatic rings. The molecule has 0 atom stereocenters. The second kappa shape index (κ2) is 10.6. The normalized spacial score (nSPS) is 10.7. The highest BCUT2D eigenvalue weighted by molar-refractivity contribution is 6.42. The third kappa shape index (κ3) is 5.77. The standard InChI is InChI=1S/C21H14Cl2N4O7/c1-33-19-6-2-12(11-24-25-21(28)13-3-5-15(22)16(23)9-13)8-20(19)34-18-7-4-14(26(29)30)10-17(18)27(31)32/h2-11H,1H3,(H,25,28)/b24-11-. The second-order valence-electron chi connectivity index (χ2n) is 6.51. The van der Waals surface area contributed by atoms with E-state index in [0.29, 0.717) is 10.6 Å². The fourth-order valence-corrected chi connectivity index (χ4v) is 2.99. The fraction of sp³-hybridized carbons (Fsp3) is 0.0476. The van der Waals surface area contributed by atoms with Crippen molar-refractivity contribution in [3.05, 3.63) is 96.0 Å². The highest BCUT2D eigenvalue weighted by Gasteiger charge is 2.22. The Balaban J connectivity index is 1.82. The first kappa shape index (κ1) is 24.4. The van der Waals surface area contributed by atoms with Crippen LogP contribution in [0.2, 0.25) is 10.0 Å². The quantitative estimate of drug-likeness (QED) is 0.246. The monoisotopic (exact) mass is 504 g/mol. The summed E-state index contributed by atoms with van der Waals surface area (Å²) < 4.78 is 10.8. The number of nitro groups is 2. The van der Waals surface area contributed by atoms with Gasteiger partial charge in [0.15, 0.2) is 11.5 Å². The van der Waals surface area contributed by atoms with Crippen molar-refractivity contribution >= 4 is 46.7 Å². The molecule has 1 amide bonds. The van der Waals surface area contributed by atoms with Crippen LogP contribution in [0.1, 0.15) is 15.9 Å². The van der Waals surface area contributed by atoms with Crippen LogP contribution < -0.4 is 14.9 Å². The van der Waals surface area contributed by atoms with Gasteiger partial charge in [0.2, 0.25) is 5.75 Å². The number of nitro benzene ring substituents is 2. The highest BCUT2D eigenvalue weighted by atomic mass is 35.5. The zero-order chi connectivity index (χ0) is 24.8. The smallest absolute Gasteiger partial charge is 0.318 e. The molecule has 0 aromatic heterocycles. The molecule has 11 nitrogen and oxygen atoms in total. The van der Waals surface area contributed by atoms with Crippen molar-refractivity contribution in [3.8, 4) is 17.2 Å². The maximum absolute atomic E-state index is 12.2. The number of carbonyl (C=O) groups excluding carboxylic acids is 1. The van der Waals surface area contributed by atoms with Crippen LogP contribution in [-0.4, -0.2) is 29.1 Å². The maximum Gasteiger partial charge on any atom is 0.318 e. The van der Waals surface area contributed by atoms with Crippen molar-refractivity contribution in [1.82, 2.24) is 5.43 Å². The van der Waals surface area contributed by atoms with E-state index in [1.54, 1.807) is 6.07 Å². The third-order valence-electron chi connectivity index (χ3n) is 4.32. The number of nitrogens with zero attached hydrogens (tertiary/aromatic N) is 3. The summed E-state index contributed by atoms with van der Waals surface area (Å²) in [5.41, 5.74) is 1.99. The zero-order valence-corrected chi connectivity index (χ0v) is 18.7. The van der Waals surface area contributed by atoms with E-state index < -0.39 is 27.1 Å². The Morgan fingerprint density at radius 3 is 2.32 bits per heavy atom. The Morgan fingerprint density at radius 1 is 0.941 bits per heavy atom. The van der Waals surface area contributed by atoms with Gasteiger partial charge in [-0.3, -0.25) is 25.0 Å². The van der Waals surface area contributed by atoms with Crippen molar-refractivity contribution in [2.75, 3.05) is 7.11 Å². The second-order valence-corrected chi connectivity index (χ2v) is 7.32. The van der Waals surface area contributed by atoms with Gasteiger partial charge in [-0.05, 0) is 48.0 Å². The van der Waals surface area contributed by atoms with Gasteiger partial charge in [-0.15, -0.1) is 0 Å². The van der Waals surface area contributed by atoms with E-state index in [1.807, 2.05) is 0 Å². The molecule has 0 saturated carbocycles. The predicted octanol–water partition coefficient (Wildman–Crippen LogP) is 5.37. The van der Waals surface area contributed by atoms with Crippen LogP contribution in [0, 0.1) is 20.2 Å². The van der Waals surface area contributed by atoms with Gasteiger partial charge >= 0.3 is 5.69 Å². The van der Waals surface area contributed by atoms with Crippen LogP contribution in [0.4, 0.5) is 11.4 Å². The van der Waals surface area contributed by atoms with Crippen molar-refractivity contribution in [1.29, 1.82) is 0 Å². The molecule has 0 fully saturated rings. The van der Waals surface area contributed by atoms with Crippen molar-refractivity contribution < 1.29 is 24.1 Å². The largest absolute Gasteiger partial charge is 0.493 e. The number of nitrogens with one attached hydrogen (secondary N) is 1. The summed E-state index contributed by atoms with van der Waals surface area (Å²) in [6.45, 7) is 0. The van der Waals surface area contributed by atoms with Gasteiger partial charge in [-0.25, -0.2) is 5.43 Å². The first-order valence-electron chi connectivity index (χ1n) is 9.26. The highest BCUT2D eigenvalue weighted by Crippen LogP contribution is 2.38. The predicted molar refractivity (Wildman–Crippen MR) is 124 cm³/mol. The van der Waals surface area contributed by atoms with Crippen LogP contribution in [0.25, 0.3) is 0 Å². The number of non-ortho nitro benzene ring substituents is 1. The number of methoxy groups -OCH3 is 1. The van der Waals surface area contributed by atoms with Crippen LogP contribution in [0.5, 0.6) is 17.2 Å². The lowest BCUT2D eigenvalue weighted by molar-refractivity contribution is -0.394. The van der Waals surface area contributed by atoms with Gasteiger partial charge in [0, 0.05) is 11.6 Å². The van der Waals surface area contributed by atoms with Crippen LogP contribution in [0.15, 0.2) is 59.7 Å². The summed E-state index contributed by atoms with van der Waals surface area (Å²) in [6, 6.07) is 11.9. The average Bonchev–Trinajstić information content (AvgIpc) is 2.81. The summed E-state index contributed by atoms with van der Waals surface area (Å²) >= 11 is 11.7. The molecule has 0 saturated heterocycles. The molecule has 3 rings (SSSR count). The fourth-order valence-electron chi connectivity index (χ4n) is 2.69. The van der Waals surface area contributed by atoms with Crippen molar-refractivity contribution in [2.45, 2.75) is 0 Å². The van der Waals surface area contributed by atoms with Crippen LogP contribution >= 0.6 is 23.2 Å². The molecule has 0 unspecified atom stereocenters. The molecule has 0 spiro atoms. The summed E-state index contributed by atoms with van der Waals surface area (Å²) in [6.07, 6.45) is 1.31. The Hall–Kier alpha value is -4.22. The summed E-state index contributed by atoms with van der Waals surface area (Å²) in [5, 5.41) is 26.7. The molecule has 0 bridgehead atoms. The molecule has 0 aliphatic carbocycles. The van der Waals surface area contributed by atoms with E-state index in [4.69, 9.17) is 32.7 Å². The van der Waals surface area contributed by atoms with Crippen molar-refractivity contribution in [2.24, 2.45) is 5.10 Å². The van der Waals surface area contributed by atoms with Gasteiger partial charge in [-0.1, -0.05) is 23.2 Å². The zero-order valence-electron chi connectivity index (χ0n) is 17.2. The molecule has 0 aliphatic heterocycles. The SMILES string of the molecule is COc1ccc(/C=N\NC(=O)c2ccc(Cl)c(Cl)c2)cc1Oc1ccc([N+](=O)[O-])cc1[N+](=O)[O-]. The topological polar surface area (TPSA) is 146 Å². The number of amides is 1. The first-order chi connectivity index (χ1) is 16.2. The number of carbonyl (C=O) groups is 1. The molecular formula is C21H14Cl2N4O7. The average molecular weight is 505 g/mol. The van der Waals surface area contributed by atoms with E-state index >= 15 is 0 Å². The number of rotatable bonds is 8. The van der Waals surface area contributed by atoms with E-state index in [0.717, 1.165) is 18.2 Å². The maximum atomic E-state index is 12.2. The number of hydrazone groups is 1. The van der Waals surface area contributed by atoms with E-state index in [-0.39, 0.29) is 27.8 Å². The molecular weight excluding hydrogens is 491 g/mol. The molecule has 13 heteroatoms. The van der Waals surface area contributed by atoms with Crippen LogP contribution in [-0.2, 0) is 0 Å². The number of ether oxygens (including phenoxy) is 2. The number of halogens is 2. The molecule has 3 aromatic rings. The Morgan fingerprint density at radius 2 is 1.68 bits per heavy atom. The van der Waals surface area contributed by atoms with Gasteiger partial charge in [-0.2, -0.15) is 5.10 Å². The minimum atomic E-state index is -0.793. The molecule has 0 radical (unpaired) electrons. The first-order valence-corrected chi connectivity index (χ1v) is 10.0. The molecule has 1 N–H and O–H groups in total. The van der Waals surface area contributed by atoms with Crippen molar-refractivity contribution in [3.63, 3.8) is 0 Å². The van der Waals surface area contributed by atoms with Gasteiger partial charge < -0.3 is 9.47 Å². The summed E-state index contributed by atoms with van der Waals surface area (Å²) in [7, 11) is 1.37. The number of hydrogen-bond acceptors (Lipinski definition) is 8. The molecule has 34 heavy (non-hydrogen) atoms. The molecule has 0 heterocycles. The van der Waals surface area contributed by atoms with Gasteiger partial charge in [0.1, 0.15) is 0 Å². The summed E-state index contributed by atoms with van der Waals surface area (Å²) in [5.74, 6) is -0.430. The lowest BCUT2D eigenvalue weighted by Gasteiger charge is -2.11. The number of hydrogen-bond donors (Lipinski definition) is 1. The lowest BCUT2D eigenvalue weighted by Crippen LogP contribution is -2.17. The molecule has 3 aromatic carbocycles. The lowest BCUT2D eigenvalue weighted by atomic mass is 10.2. The molecule has 174 valence electrons. The van der Waals surface area contributed by atoms with Crippen LogP contribution in [0.3, 0.4) is 0 Å². The Labute approximate surface area is 201 Å². The minimum absolute atomic E-state index is 0.0826. The Bertz CT molecular complexity index is 1310. The minimum Gasteiger partial charge on any atom is -0.493 e. The van der Waals surface area contributed by atoms with E-state index in [2.05, 4.69) is 10.5 Å². The summed E-state index contributed by atoms with van der Waals surface area (Å²) in [4.78, 5) is 32.9. The van der Waals surface area contributed by atoms with E-state index in [1.165, 1.54) is 43.7 Å². The number of benzene rings is 3. The van der Waals surface area contributed by atoms with Gasteiger partial charge in [0.05, 0.1) is 39.3 Å². The van der Waals surface area contributed by atoms with Gasteiger partial charge in [0.25, 0.3) is 11.6 Å². The third-order valence-corrected chi connectivity index (χ3v) is 5.06.